The zero-order chi connectivity index (χ0) is 29.2. The summed E-state index contributed by atoms with van der Waals surface area (Å²) >= 11 is 5.55. The molecule has 220 valence electrons. The molecule has 15 heteroatoms. The molecule has 2 aromatic rings. The number of nitrogens with one attached hydrogen (secondary N) is 1. The molecule has 1 saturated heterocycles. The zero-order valence-electron chi connectivity index (χ0n) is 23.9. The predicted octanol–water partition coefficient (Wildman–Crippen LogP) is 3.05. The molecule has 5 atom stereocenters. The summed E-state index contributed by atoms with van der Waals surface area (Å²) in [7, 11) is -2.08. The third kappa shape index (κ3) is 7.76. The van der Waals surface area contributed by atoms with E-state index in [1.54, 1.807) is 33.2 Å². The Kier molecular flexibility index (Phi) is 10.2. The van der Waals surface area contributed by atoms with Crippen LogP contribution in [0.4, 0.5) is 0 Å². The minimum atomic E-state index is -3.57. The van der Waals surface area contributed by atoms with Gasteiger partial charge in [0.2, 0.25) is 0 Å². The number of hydrogen-bond acceptors (Lipinski definition) is 10. The van der Waals surface area contributed by atoms with Crippen molar-refractivity contribution in [1.29, 1.82) is 0 Å². The number of aromatic nitrogens is 4. The number of aromatic amines is 1. The highest BCUT2D eigenvalue weighted by Crippen LogP contribution is 2.47. The minimum absolute atomic E-state index is 0.00521. The van der Waals surface area contributed by atoms with E-state index in [2.05, 4.69) is 43.8 Å². The lowest BCUT2D eigenvalue weighted by Gasteiger charge is -2.37. The topological polar surface area (TPSA) is 139 Å². The fourth-order valence-corrected chi connectivity index (χ4v) is 7.06. The SMILES string of the molecule is CCOP(=S)(O[C@@H](C)Cc1ncc[nH]1)On1c(=O)c(C)cn([C@H]2C[C@H](O)[C@@H](CO[Si](C)(C)C(C)(C)C)O2)c1=O. The lowest BCUT2D eigenvalue weighted by molar-refractivity contribution is -0.0449. The molecular formula is C24H41N4O8PSSi. The van der Waals surface area contributed by atoms with Crippen molar-refractivity contribution in [2.75, 3.05) is 13.2 Å². The molecule has 0 aromatic carbocycles. The highest BCUT2D eigenvalue weighted by Gasteiger charge is 2.41. The normalized spacial score (nSPS) is 22.5. The largest absolute Gasteiger partial charge is 0.414 e. The summed E-state index contributed by atoms with van der Waals surface area (Å²) in [6.45, 7) is 12.4. The maximum atomic E-state index is 13.5. The average Bonchev–Trinajstić information content (AvgIpc) is 3.46. The van der Waals surface area contributed by atoms with Crippen molar-refractivity contribution in [1.82, 2.24) is 19.3 Å². The van der Waals surface area contributed by atoms with Gasteiger partial charge in [0.05, 0.1) is 25.4 Å². The van der Waals surface area contributed by atoms with Crippen molar-refractivity contribution in [2.45, 2.75) is 97.1 Å². The summed E-state index contributed by atoms with van der Waals surface area (Å²) < 4.78 is 31.4. The number of hydrogen-bond donors (Lipinski definition) is 2. The molecule has 0 radical (unpaired) electrons. The van der Waals surface area contributed by atoms with E-state index in [4.69, 9.17) is 34.6 Å². The summed E-state index contributed by atoms with van der Waals surface area (Å²) in [5, 5.41) is 10.7. The molecule has 2 aromatic heterocycles. The number of rotatable bonds is 12. The van der Waals surface area contributed by atoms with Gasteiger partial charge >= 0.3 is 12.4 Å². The first kappa shape index (κ1) is 31.9. The van der Waals surface area contributed by atoms with E-state index in [0.29, 0.717) is 17.0 Å². The molecule has 0 saturated carbocycles. The van der Waals surface area contributed by atoms with Gasteiger partial charge in [0.15, 0.2) is 8.32 Å². The number of nitrogens with zero attached hydrogens (tertiary/aromatic N) is 3. The molecule has 3 heterocycles. The second-order valence-electron chi connectivity index (χ2n) is 11.2. The van der Waals surface area contributed by atoms with Crippen LogP contribution in [0.25, 0.3) is 0 Å². The second kappa shape index (κ2) is 12.5. The van der Waals surface area contributed by atoms with Crippen LogP contribution in [0.1, 0.15) is 58.7 Å². The maximum absolute atomic E-state index is 13.5. The molecule has 0 bridgehead atoms. The first-order chi connectivity index (χ1) is 18.1. The van der Waals surface area contributed by atoms with Gasteiger partial charge in [-0.15, -0.1) is 0 Å². The molecular weight excluding hydrogens is 563 g/mol. The highest BCUT2D eigenvalue weighted by molar-refractivity contribution is 8.07. The van der Waals surface area contributed by atoms with Crippen LogP contribution in [0, 0.1) is 6.92 Å². The van der Waals surface area contributed by atoms with E-state index in [1.165, 1.54) is 10.8 Å². The standard InChI is InChI=1S/C24H41N4O8PSSi/c1-9-32-37(38,35-17(3)12-20-25-10-11-26-20)36-28-22(30)16(2)14-27(23(28)31)21-13-18(29)19(34-21)15-33-39(7,8)24(4,5)6/h10-11,14,17-19,21,29H,9,12-13,15H2,1-8H3,(H,25,26)/t17-,18-,19+,21+,37?/m0/s1. The number of aliphatic hydroxyl groups is 1. The average molecular weight is 605 g/mol. The van der Waals surface area contributed by atoms with Crippen LogP contribution >= 0.6 is 6.72 Å². The van der Waals surface area contributed by atoms with Crippen LogP contribution in [-0.2, 0) is 36.4 Å². The molecule has 2 N–H and O–H groups in total. The Hall–Kier alpha value is -1.64. The lowest BCUT2D eigenvalue weighted by atomic mass is 10.2. The number of aryl methyl sites for hydroxylation is 1. The Labute approximate surface area is 234 Å². The first-order valence-corrected chi connectivity index (χ1v) is 18.5. The summed E-state index contributed by atoms with van der Waals surface area (Å²) in [5.41, 5.74) is -1.29. The smallest absolute Gasteiger partial charge is 0.400 e. The summed E-state index contributed by atoms with van der Waals surface area (Å²) in [6, 6.07) is 0. The Morgan fingerprint density at radius 3 is 2.64 bits per heavy atom. The van der Waals surface area contributed by atoms with E-state index in [1.807, 2.05) is 0 Å². The monoisotopic (exact) mass is 604 g/mol. The van der Waals surface area contributed by atoms with Gasteiger partial charge in [0, 0.05) is 48.8 Å². The van der Waals surface area contributed by atoms with Crippen molar-refractivity contribution in [3.05, 3.63) is 50.8 Å². The number of H-pyrrole nitrogens is 1. The van der Waals surface area contributed by atoms with Crippen molar-refractivity contribution >= 4 is 26.8 Å². The van der Waals surface area contributed by atoms with Crippen LogP contribution in [0.5, 0.6) is 0 Å². The fraction of sp³-hybridized carbons (Fsp3) is 0.708. The molecule has 1 unspecified atom stereocenters. The van der Waals surface area contributed by atoms with E-state index in [-0.39, 0.29) is 30.2 Å². The molecule has 1 aliphatic heterocycles. The number of ether oxygens (including phenoxy) is 1. The predicted molar refractivity (Wildman–Crippen MR) is 153 cm³/mol. The number of aliphatic hydroxyl groups excluding tert-OH is 1. The maximum Gasteiger partial charge on any atom is 0.400 e. The molecule has 3 rings (SSSR count). The Bertz CT molecular complexity index is 1280. The van der Waals surface area contributed by atoms with E-state index in [0.717, 1.165) is 0 Å². The van der Waals surface area contributed by atoms with Crippen LogP contribution in [-0.4, -0.2) is 64.2 Å². The molecule has 0 aliphatic carbocycles. The van der Waals surface area contributed by atoms with Gasteiger partial charge in [-0.05, 0) is 38.9 Å². The fourth-order valence-electron chi connectivity index (χ4n) is 3.76. The van der Waals surface area contributed by atoms with Crippen LogP contribution in [0.3, 0.4) is 0 Å². The number of imidazole rings is 1. The Morgan fingerprint density at radius 1 is 1.36 bits per heavy atom. The van der Waals surface area contributed by atoms with Crippen molar-refractivity contribution in [3.63, 3.8) is 0 Å². The van der Waals surface area contributed by atoms with E-state index in [9.17, 15) is 14.7 Å². The first-order valence-electron chi connectivity index (χ1n) is 13.0. The molecule has 0 spiro atoms. The summed E-state index contributed by atoms with van der Waals surface area (Å²) in [6.07, 6.45) is 2.44. The zero-order valence-corrected chi connectivity index (χ0v) is 26.6. The van der Waals surface area contributed by atoms with Crippen LogP contribution < -0.4 is 15.9 Å². The molecule has 39 heavy (non-hydrogen) atoms. The van der Waals surface area contributed by atoms with Gasteiger partial charge in [-0.3, -0.25) is 18.4 Å². The van der Waals surface area contributed by atoms with Crippen LogP contribution in [0.15, 0.2) is 28.2 Å². The molecule has 1 fully saturated rings. The summed E-state index contributed by atoms with van der Waals surface area (Å²) in [5.74, 6) is 0.680. The quantitative estimate of drug-likeness (QED) is 0.275. The van der Waals surface area contributed by atoms with Gasteiger partial charge in [-0.2, -0.15) is 0 Å². The van der Waals surface area contributed by atoms with Crippen molar-refractivity contribution in [2.24, 2.45) is 0 Å². The van der Waals surface area contributed by atoms with E-state index >= 15 is 0 Å². The van der Waals surface area contributed by atoms with Gasteiger partial charge < -0.3 is 23.9 Å². The second-order valence-corrected chi connectivity index (χ2v) is 18.9. The molecule has 1 aliphatic rings. The van der Waals surface area contributed by atoms with Crippen molar-refractivity contribution in [3.8, 4) is 0 Å². The minimum Gasteiger partial charge on any atom is -0.414 e. The summed E-state index contributed by atoms with van der Waals surface area (Å²) in [4.78, 5) is 33.6. The third-order valence-electron chi connectivity index (χ3n) is 6.99. The Morgan fingerprint density at radius 2 is 2.05 bits per heavy atom. The van der Waals surface area contributed by atoms with Crippen LogP contribution in [0.2, 0.25) is 18.1 Å². The van der Waals surface area contributed by atoms with Gasteiger partial charge in [-0.1, -0.05) is 25.5 Å². The third-order valence-corrected chi connectivity index (χ3v) is 13.8. The molecule has 12 nitrogen and oxygen atoms in total. The lowest BCUT2D eigenvalue weighted by Crippen LogP contribution is -2.45. The van der Waals surface area contributed by atoms with Gasteiger partial charge in [0.1, 0.15) is 18.2 Å². The van der Waals surface area contributed by atoms with Gasteiger partial charge in [-0.25, -0.2) is 9.78 Å². The van der Waals surface area contributed by atoms with Gasteiger partial charge in [0.25, 0.3) is 5.56 Å². The Balaban J connectivity index is 1.82. The molecule has 0 amide bonds. The highest BCUT2D eigenvalue weighted by atomic mass is 32.5. The van der Waals surface area contributed by atoms with Crippen molar-refractivity contribution < 1.29 is 27.9 Å². The van der Waals surface area contributed by atoms with E-state index < -0.39 is 50.8 Å².